The van der Waals surface area contributed by atoms with Crippen LogP contribution in [0.15, 0.2) is 6.33 Å². The van der Waals surface area contributed by atoms with E-state index in [-0.39, 0.29) is 5.95 Å². The van der Waals surface area contributed by atoms with Gasteiger partial charge in [0, 0.05) is 0 Å². The van der Waals surface area contributed by atoms with Crippen LogP contribution in [-0.4, -0.2) is 59.8 Å². The van der Waals surface area contributed by atoms with Crippen molar-refractivity contribution in [1.29, 1.82) is 0 Å². The summed E-state index contributed by atoms with van der Waals surface area (Å²) in [6.07, 6.45) is -2.00. The summed E-state index contributed by atoms with van der Waals surface area (Å²) < 4.78 is 7.36. The van der Waals surface area contributed by atoms with Crippen molar-refractivity contribution >= 4 is 29.3 Å². The number of imidazole rings is 1. The van der Waals surface area contributed by atoms with Gasteiger partial charge in [0.15, 0.2) is 11.4 Å². The van der Waals surface area contributed by atoms with Crippen molar-refractivity contribution in [3.05, 3.63) is 11.0 Å². The highest BCUT2D eigenvalue weighted by atomic mass is 32.1. The molecule has 2 aromatic rings. The number of nitrogens with zero attached hydrogens (tertiary/aromatic N) is 3. The van der Waals surface area contributed by atoms with Gasteiger partial charge in [0.05, 0.1) is 12.9 Å². The molecule has 9 nitrogen and oxygen atoms in total. The Morgan fingerprint density at radius 2 is 2.29 bits per heavy atom. The zero-order chi connectivity index (χ0) is 15.4. The van der Waals surface area contributed by atoms with E-state index in [0.717, 1.165) is 0 Å². The molecule has 1 saturated heterocycles. The van der Waals surface area contributed by atoms with Gasteiger partial charge in [0.25, 0.3) is 0 Å². The number of fused-ring (bicyclic) bond motifs is 1. The monoisotopic (exact) mass is 313 g/mol. The lowest BCUT2D eigenvalue weighted by molar-refractivity contribution is -0.132. The fourth-order valence-corrected chi connectivity index (χ4v) is 2.81. The van der Waals surface area contributed by atoms with Gasteiger partial charge in [-0.2, -0.15) is 4.98 Å². The van der Waals surface area contributed by atoms with E-state index in [1.807, 2.05) is 0 Å². The maximum Gasteiger partial charge on any atom is 0.200 e. The van der Waals surface area contributed by atoms with Crippen LogP contribution in [0.3, 0.4) is 0 Å². The Morgan fingerprint density at radius 1 is 1.57 bits per heavy atom. The summed E-state index contributed by atoms with van der Waals surface area (Å²) >= 11 is 5.12. The predicted molar refractivity (Wildman–Crippen MR) is 74.7 cm³/mol. The van der Waals surface area contributed by atoms with Gasteiger partial charge in [-0.25, -0.2) is 4.98 Å². The Balaban J connectivity index is 2.19. The molecule has 10 heteroatoms. The highest BCUT2D eigenvalue weighted by molar-refractivity contribution is 7.71. The number of nitrogen functional groups attached to an aromatic ring is 1. The van der Waals surface area contributed by atoms with Gasteiger partial charge >= 0.3 is 0 Å². The van der Waals surface area contributed by atoms with E-state index in [4.69, 9.17) is 22.7 Å². The van der Waals surface area contributed by atoms with Crippen molar-refractivity contribution in [1.82, 2.24) is 19.5 Å². The van der Waals surface area contributed by atoms with Crippen LogP contribution in [0.4, 0.5) is 5.95 Å². The van der Waals surface area contributed by atoms with E-state index >= 15 is 0 Å². The van der Waals surface area contributed by atoms with E-state index in [0.29, 0.717) is 15.8 Å². The summed E-state index contributed by atoms with van der Waals surface area (Å²) in [5.41, 5.74) is 5.02. The molecule has 0 saturated carbocycles. The molecule has 0 aromatic carbocycles. The molecule has 0 radical (unpaired) electrons. The zero-order valence-electron chi connectivity index (χ0n) is 11.1. The molecule has 21 heavy (non-hydrogen) atoms. The van der Waals surface area contributed by atoms with Gasteiger partial charge in [-0.15, -0.1) is 0 Å². The Labute approximate surface area is 124 Å². The third kappa shape index (κ3) is 1.95. The fourth-order valence-electron chi connectivity index (χ4n) is 2.56. The van der Waals surface area contributed by atoms with Gasteiger partial charge in [-0.1, -0.05) is 12.2 Å². The second kappa shape index (κ2) is 4.71. The van der Waals surface area contributed by atoms with Crippen molar-refractivity contribution in [2.45, 2.75) is 31.0 Å². The van der Waals surface area contributed by atoms with Crippen molar-refractivity contribution in [3.8, 4) is 0 Å². The quantitative estimate of drug-likeness (QED) is 0.438. The maximum absolute atomic E-state index is 10.3. The van der Waals surface area contributed by atoms with Crippen molar-refractivity contribution in [2.75, 3.05) is 12.3 Å². The van der Waals surface area contributed by atoms with Gasteiger partial charge in [-0.05, 0) is 6.92 Å². The fraction of sp³-hybridized carbons (Fsp3) is 0.545. The van der Waals surface area contributed by atoms with E-state index < -0.39 is 30.6 Å². The second-order valence-corrected chi connectivity index (χ2v) is 5.48. The average Bonchev–Trinajstić information content (AvgIpc) is 2.95. The lowest BCUT2D eigenvalue weighted by Crippen LogP contribution is -2.43. The van der Waals surface area contributed by atoms with Crippen LogP contribution in [0.5, 0.6) is 0 Å². The average molecular weight is 313 g/mol. The summed E-state index contributed by atoms with van der Waals surface area (Å²) in [4.78, 5) is 10.9. The zero-order valence-corrected chi connectivity index (χ0v) is 11.9. The number of ether oxygens (including phenoxy) is 1. The smallest absolute Gasteiger partial charge is 0.200 e. The van der Waals surface area contributed by atoms with Gasteiger partial charge in [-0.3, -0.25) is 4.57 Å². The van der Waals surface area contributed by atoms with E-state index in [1.54, 1.807) is 6.92 Å². The first kappa shape index (κ1) is 14.4. The van der Waals surface area contributed by atoms with Crippen molar-refractivity contribution in [3.63, 3.8) is 0 Å². The molecule has 0 aliphatic carbocycles. The second-order valence-electron chi connectivity index (χ2n) is 5.07. The highest BCUT2D eigenvalue weighted by Crippen LogP contribution is 2.36. The highest BCUT2D eigenvalue weighted by Gasteiger charge is 2.52. The normalized spacial score (nSPS) is 32.9. The Kier molecular flexibility index (Phi) is 3.22. The van der Waals surface area contributed by atoms with Crippen molar-refractivity contribution < 1.29 is 20.1 Å². The number of rotatable bonds is 2. The molecule has 0 unspecified atom stereocenters. The first-order chi connectivity index (χ1) is 9.88. The topological polar surface area (TPSA) is 142 Å². The summed E-state index contributed by atoms with van der Waals surface area (Å²) in [5.74, 6) is 0.101. The van der Waals surface area contributed by atoms with Gasteiger partial charge < -0.3 is 30.8 Å². The first-order valence-electron chi connectivity index (χ1n) is 6.26. The number of H-pyrrole nitrogens is 1. The van der Waals surface area contributed by atoms with Crippen LogP contribution in [0.1, 0.15) is 6.92 Å². The Hall–Kier alpha value is -1.59. The summed E-state index contributed by atoms with van der Waals surface area (Å²) in [5, 5.41) is 29.4. The largest absolute Gasteiger partial charge is 0.394 e. The van der Waals surface area contributed by atoms with E-state index in [2.05, 4.69) is 15.0 Å². The Morgan fingerprint density at radius 3 is 2.90 bits per heavy atom. The number of aliphatic hydroxyl groups excluding tert-OH is 3. The minimum absolute atomic E-state index is 0.101. The number of hydrogen-bond donors (Lipinski definition) is 5. The first-order valence-corrected chi connectivity index (χ1v) is 6.67. The minimum Gasteiger partial charge on any atom is -0.394 e. The number of aromatic nitrogens is 4. The molecule has 0 amide bonds. The van der Waals surface area contributed by atoms with Gasteiger partial charge in [0.1, 0.15) is 28.5 Å². The number of hydrogen-bond acceptors (Lipinski definition) is 8. The minimum atomic E-state index is -1.34. The number of aromatic amines is 1. The van der Waals surface area contributed by atoms with Gasteiger partial charge in [0.2, 0.25) is 5.95 Å². The van der Waals surface area contributed by atoms with Crippen LogP contribution < -0.4 is 5.73 Å². The molecule has 3 rings (SSSR count). The predicted octanol–water partition coefficient (Wildman–Crippen LogP) is -1.14. The molecular formula is C11H15N5O4S. The molecule has 1 aliphatic rings. The van der Waals surface area contributed by atoms with Crippen LogP contribution in [0.25, 0.3) is 11.2 Å². The maximum atomic E-state index is 10.3. The standard InChI is InChI=1S/C11H15N5O4S/c1-11(7(19)6(18)4(2-17)20-11)16-3-13-5-8(16)14-10(12)15-9(5)21/h3-4,6-7,17-19H,2H2,1H3,(H3,12,14,15,21)/t4-,6-,7-,11-/m1/s1. The molecule has 0 spiro atoms. The number of anilines is 1. The molecule has 0 bridgehead atoms. The molecule has 6 N–H and O–H groups in total. The molecule has 2 aromatic heterocycles. The van der Waals surface area contributed by atoms with Crippen LogP contribution in [0.2, 0.25) is 0 Å². The lowest BCUT2D eigenvalue weighted by Gasteiger charge is -2.29. The Bertz CT molecular complexity index is 746. The number of aliphatic hydroxyl groups is 3. The number of nitrogens with one attached hydrogen (secondary N) is 1. The molecule has 114 valence electrons. The summed E-state index contributed by atoms with van der Waals surface area (Å²) in [6, 6.07) is 0. The third-order valence-corrected chi connectivity index (χ3v) is 4.02. The molecular weight excluding hydrogens is 298 g/mol. The number of nitrogens with two attached hydrogens (primary N) is 1. The van der Waals surface area contributed by atoms with E-state index in [9.17, 15) is 15.3 Å². The molecule has 3 heterocycles. The van der Waals surface area contributed by atoms with Crippen LogP contribution >= 0.6 is 12.2 Å². The lowest BCUT2D eigenvalue weighted by atomic mass is 10.0. The third-order valence-electron chi connectivity index (χ3n) is 3.73. The van der Waals surface area contributed by atoms with Crippen molar-refractivity contribution in [2.24, 2.45) is 0 Å². The summed E-state index contributed by atoms with van der Waals surface area (Å²) in [6.45, 7) is 1.14. The van der Waals surface area contributed by atoms with Crippen LogP contribution in [-0.2, 0) is 10.5 Å². The molecule has 1 fully saturated rings. The van der Waals surface area contributed by atoms with Crippen LogP contribution in [0, 0.1) is 4.64 Å². The van der Waals surface area contributed by atoms with E-state index in [1.165, 1.54) is 10.9 Å². The SMILES string of the molecule is C[C@@]1(n2cnc3c(=S)[nH]c(N)nc32)O[C@H](CO)[C@@H](O)[C@H]1O. The summed E-state index contributed by atoms with van der Waals surface area (Å²) in [7, 11) is 0. The molecule has 4 atom stereocenters. The molecule has 1 aliphatic heterocycles.